The zero-order valence-corrected chi connectivity index (χ0v) is 13.7. The lowest BCUT2D eigenvalue weighted by atomic mass is 10.1. The van der Waals surface area contributed by atoms with Crippen LogP contribution in [-0.2, 0) is 29.9 Å². The highest BCUT2D eigenvalue weighted by atomic mass is 32.2. The summed E-state index contributed by atoms with van der Waals surface area (Å²) in [5.74, 6) is 0. The summed E-state index contributed by atoms with van der Waals surface area (Å²) in [4.78, 5) is 0.692. The van der Waals surface area contributed by atoms with Crippen molar-refractivity contribution in [2.24, 2.45) is 7.05 Å². The van der Waals surface area contributed by atoms with Crippen molar-refractivity contribution in [3.8, 4) is 0 Å². The fourth-order valence-corrected chi connectivity index (χ4v) is 4.70. The summed E-state index contributed by atoms with van der Waals surface area (Å²) in [6, 6.07) is 14.1. The van der Waals surface area contributed by atoms with Crippen LogP contribution < -0.4 is 5.32 Å². The smallest absolute Gasteiger partial charge is 0.206 e. The van der Waals surface area contributed by atoms with Gasteiger partial charge in [0.25, 0.3) is 0 Å². The van der Waals surface area contributed by atoms with E-state index in [1.807, 2.05) is 18.2 Å². The molecule has 2 aromatic carbocycles. The molecule has 0 saturated heterocycles. The number of nitrogens with one attached hydrogen (secondary N) is 1. The lowest BCUT2D eigenvalue weighted by Gasteiger charge is -2.14. The van der Waals surface area contributed by atoms with Gasteiger partial charge in [0.15, 0.2) is 0 Å². The third kappa shape index (κ3) is 2.19. The number of nitrogens with zero attached hydrogens (tertiary/aromatic N) is 1. The molecule has 0 unspecified atom stereocenters. The van der Waals surface area contributed by atoms with Crippen molar-refractivity contribution < 1.29 is 8.42 Å². The van der Waals surface area contributed by atoms with Gasteiger partial charge < -0.3 is 9.88 Å². The van der Waals surface area contributed by atoms with Gasteiger partial charge in [-0.1, -0.05) is 18.2 Å². The van der Waals surface area contributed by atoms with Crippen LogP contribution in [0.2, 0.25) is 0 Å². The molecule has 0 amide bonds. The number of benzene rings is 2. The first-order chi connectivity index (χ1) is 11.1. The van der Waals surface area contributed by atoms with Gasteiger partial charge >= 0.3 is 0 Å². The van der Waals surface area contributed by atoms with Crippen LogP contribution in [0.1, 0.15) is 11.3 Å². The molecule has 0 radical (unpaired) electrons. The van der Waals surface area contributed by atoms with Crippen molar-refractivity contribution >= 4 is 20.7 Å². The Bertz CT molecular complexity index is 989. The van der Waals surface area contributed by atoms with E-state index in [-0.39, 0.29) is 0 Å². The Balaban J connectivity index is 1.93. The summed E-state index contributed by atoms with van der Waals surface area (Å²) in [5.41, 5.74) is 3.61. The molecule has 1 aromatic heterocycles. The van der Waals surface area contributed by atoms with Gasteiger partial charge in [-0.15, -0.1) is 0 Å². The number of aryl methyl sites for hydroxylation is 1. The molecular weight excluding hydrogens is 308 g/mol. The summed E-state index contributed by atoms with van der Waals surface area (Å²) >= 11 is 0. The van der Waals surface area contributed by atoms with E-state index < -0.39 is 9.84 Å². The maximum atomic E-state index is 12.8. The minimum atomic E-state index is -3.48. The molecule has 4 nitrogen and oxygen atoms in total. The molecule has 1 aliphatic heterocycles. The SMILES string of the molecule is Cn1c2c(c3cc(S(=O)(=O)c4ccccc4)ccc31)CNCC2. The van der Waals surface area contributed by atoms with Gasteiger partial charge in [-0.05, 0) is 35.9 Å². The number of aromatic nitrogens is 1. The molecule has 0 fully saturated rings. The quantitative estimate of drug-likeness (QED) is 0.788. The van der Waals surface area contributed by atoms with Crippen molar-refractivity contribution in [2.45, 2.75) is 22.8 Å². The number of hydrogen-bond donors (Lipinski definition) is 1. The van der Waals surface area contributed by atoms with Gasteiger partial charge in [0, 0.05) is 43.2 Å². The number of sulfone groups is 1. The highest BCUT2D eigenvalue weighted by Crippen LogP contribution is 2.31. The second-order valence-corrected chi connectivity index (χ2v) is 7.86. The molecule has 2 heterocycles. The van der Waals surface area contributed by atoms with Gasteiger partial charge in [0.2, 0.25) is 9.84 Å². The maximum Gasteiger partial charge on any atom is 0.206 e. The zero-order valence-electron chi connectivity index (χ0n) is 12.9. The molecular formula is C18H18N2O2S. The average Bonchev–Trinajstić information content (AvgIpc) is 2.89. The van der Waals surface area contributed by atoms with Gasteiger partial charge in [-0.25, -0.2) is 8.42 Å². The molecule has 3 aromatic rings. The Morgan fingerprint density at radius 3 is 2.61 bits per heavy atom. The minimum absolute atomic E-state index is 0.335. The summed E-state index contributed by atoms with van der Waals surface area (Å²) in [6.07, 6.45) is 0.973. The van der Waals surface area contributed by atoms with Crippen LogP contribution in [0.15, 0.2) is 58.3 Å². The highest BCUT2D eigenvalue weighted by Gasteiger charge is 2.22. The lowest BCUT2D eigenvalue weighted by Crippen LogP contribution is -2.24. The molecule has 1 N–H and O–H groups in total. The van der Waals surface area contributed by atoms with Crippen molar-refractivity contribution in [3.63, 3.8) is 0 Å². The molecule has 23 heavy (non-hydrogen) atoms. The first kappa shape index (κ1) is 14.5. The highest BCUT2D eigenvalue weighted by molar-refractivity contribution is 7.91. The first-order valence-corrected chi connectivity index (χ1v) is 9.18. The van der Waals surface area contributed by atoms with Gasteiger partial charge in [0.1, 0.15) is 0 Å². The molecule has 4 rings (SSSR count). The second-order valence-electron chi connectivity index (χ2n) is 5.91. The van der Waals surface area contributed by atoms with Crippen molar-refractivity contribution in [1.82, 2.24) is 9.88 Å². The van der Waals surface area contributed by atoms with Crippen LogP contribution in [0.3, 0.4) is 0 Å². The van der Waals surface area contributed by atoms with Crippen molar-refractivity contribution in [3.05, 3.63) is 59.8 Å². The number of fused-ring (bicyclic) bond motifs is 3. The zero-order chi connectivity index (χ0) is 16.0. The monoisotopic (exact) mass is 326 g/mol. The molecule has 0 spiro atoms. The Morgan fingerprint density at radius 1 is 1.04 bits per heavy atom. The molecule has 0 atom stereocenters. The Hall–Kier alpha value is -2.11. The third-order valence-electron chi connectivity index (χ3n) is 4.61. The van der Waals surface area contributed by atoms with E-state index >= 15 is 0 Å². The lowest BCUT2D eigenvalue weighted by molar-refractivity contribution is 0.596. The van der Waals surface area contributed by atoms with Crippen LogP contribution in [-0.4, -0.2) is 19.5 Å². The Labute approximate surface area is 135 Å². The molecule has 0 aliphatic carbocycles. The van der Waals surface area contributed by atoms with E-state index in [9.17, 15) is 8.42 Å². The van der Waals surface area contributed by atoms with Crippen molar-refractivity contribution in [1.29, 1.82) is 0 Å². The minimum Gasteiger partial charge on any atom is -0.347 e. The van der Waals surface area contributed by atoms with Crippen LogP contribution in [0.4, 0.5) is 0 Å². The van der Waals surface area contributed by atoms with Crippen molar-refractivity contribution in [2.75, 3.05) is 6.54 Å². The summed E-state index contributed by atoms with van der Waals surface area (Å²) in [7, 11) is -1.42. The largest absolute Gasteiger partial charge is 0.347 e. The van der Waals surface area contributed by atoms with E-state index in [0.717, 1.165) is 30.4 Å². The molecule has 118 valence electrons. The fraction of sp³-hybridized carbons (Fsp3) is 0.222. The molecule has 5 heteroatoms. The van der Waals surface area contributed by atoms with Crippen LogP contribution in [0, 0.1) is 0 Å². The standard InChI is InChI=1S/C18H18N2O2S/c1-20-17-8-7-14(23(21,22)13-5-3-2-4-6-13)11-15(17)16-12-19-10-9-18(16)20/h2-8,11,19H,9-10,12H2,1H3. The molecule has 0 bridgehead atoms. The maximum absolute atomic E-state index is 12.8. The van der Waals surface area contributed by atoms with E-state index in [1.165, 1.54) is 11.3 Å². The first-order valence-electron chi connectivity index (χ1n) is 7.70. The van der Waals surface area contributed by atoms with Gasteiger partial charge in [-0.3, -0.25) is 0 Å². The van der Waals surface area contributed by atoms with Crippen LogP contribution in [0.5, 0.6) is 0 Å². The van der Waals surface area contributed by atoms with E-state index in [0.29, 0.717) is 9.79 Å². The summed E-state index contributed by atoms with van der Waals surface area (Å²) in [5, 5.41) is 4.41. The van der Waals surface area contributed by atoms with Gasteiger partial charge in [0.05, 0.1) is 9.79 Å². The predicted molar refractivity (Wildman–Crippen MR) is 90.2 cm³/mol. The van der Waals surface area contributed by atoms with Crippen LogP contribution >= 0.6 is 0 Å². The third-order valence-corrected chi connectivity index (χ3v) is 6.38. The predicted octanol–water partition coefficient (Wildman–Crippen LogP) is 2.66. The summed E-state index contributed by atoms with van der Waals surface area (Å²) < 4.78 is 27.8. The molecule has 1 aliphatic rings. The Morgan fingerprint density at radius 2 is 1.83 bits per heavy atom. The van der Waals surface area contributed by atoms with E-state index in [2.05, 4.69) is 16.9 Å². The number of rotatable bonds is 2. The van der Waals surface area contributed by atoms with E-state index in [1.54, 1.807) is 30.3 Å². The second kappa shape index (κ2) is 5.22. The summed E-state index contributed by atoms with van der Waals surface area (Å²) in [6.45, 7) is 1.76. The molecule has 0 saturated carbocycles. The fourth-order valence-electron chi connectivity index (χ4n) is 3.39. The van der Waals surface area contributed by atoms with Gasteiger partial charge in [-0.2, -0.15) is 0 Å². The van der Waals surface area contributed by atoms with Crippen LogP contribution in [0.25, 0.3) is 10.9 Å². The number of hydrogen-bond acceptors (Lipinski definition) is 3. The topological polar surface area (TPSA) is 51.1 Å². The average molecular weight is 326 g/mol. The Kier molecular flexibility index (Phi) is 3.28. The van der Waals surface area contributed by atoms with E-state index in [4.69, 9.17) is 0 Å². The normalized spacial score (nSPS) is 14.8.